The molecule has 0 radical (unpaired) electrons. The Morgan fingerprint density at radius 2 is 1.83 bits per heavy atom. The lowest BCUT2D eigenvalue weighted by Gasteiger charge is -2.47. The molecule has 0 aliphatic carbocycles. The number of nitriles is 3. The van der Waals surface area contributed by atoms with Gasteiger partial charge in [0.15, 0.2) is 16.9 Å². The van der Waals surface area contributed by atoms with Crippen molar-refractivity contribution in [3.8, 4) is 29.7 Å². The zero-order valence-corrected chi connectivity index (χ0v) is 15.3. The second kappa shape index (κ2) is 5.57. The molecule has 3 aliphatic rings. The fourth-order valence-electron chi connectivity index (χ4n) is 4.30. The van der Waals surface area contributed by atoms with Gasteiger partial charge >= 0.3 is 0 Å². The molecule has 3 aliphatic heterocycles. The van der Waals surface area contributed by atoms with Gasteiger partial charge in [0.25, 0.3) is 5.69 Å². The number of benzene rings is 1. The summed E-state index contributed by atoms with van der Waals surface area (Å²) in [6.07, 6.45) is -1.56. The summed E-state index contributed by atoms with van der Waals surface area (Å²) in [6, 6.07) is 7.96. The first kappa shape index (κ1) is 18.5. The van der Waals surface area contributed by atoms with Crippen LogP contribution in [0.25, 0.3) is 0 Å². The molecule has 2 bridgehead atoms. The third kappa shape index (κ3) is 1.93. The van der Waals surface area contributed by atoms with Crippen LogP contribution in [0.1, 0.15) is 25.5 Å². The Bertz CT molecular complexity index is 1080. The number of nitrogens with zero attached hydrogens (tertiary/aromatic N) is 4. The Labute approximate surface area is 164 Å². The largest absolute Gasteiger partial charge is 0.454 e. The van der Waals surface area contributed by atoms with Crippen LogP contribution < -0.4 is 9.47 Å². The molecule has 1 N–H and O–H groups in total. The topological polar surface area (TPSA) is 175 Å². The van der Waals surface area contributed by atoms with E-state index in [0.29, 0.717) is 0 Å². The van der Waals surface area contributed by atoms with Gasteiger partial charge in [-0.05, 0) is 6.07 Å². The second-order valence-corrected chi connectivity index (χ2v) is 7.14. The molecule has 11 nitrogen and oxygen atoms in total. The zero-order valence-electron chi connectivity index (χ0n) is 15.3. The maximum absolute atomic E-state index is 11.7. The SMILES string of the molecule is CC1C2(C)OC(=N)C1(C#N)C(C#N)(C#N)C(c1cc3c(cc1[N+](=O)[O-])OCO3)O2. The monoisotopic (exact) mass is 395 g/mol. The van der Waals surface area contributed by atoms with Crippen molar-refractivity contribution < 1.29 is 23.9 Å². The molecule has 0 saturated carbocycles. The highest BCUT2D eigenvalue weighted by molar-refractivity contribution is 5.89. The van der Waals surface area contributed by atoms with Crippen molar-refractivity contribution in [1.29, 1.82) is 21.2 Å². The number of nitro groups is 1. The maximum Gasteiger partial charge on any atom is 0.279 e. The fraction of sp³-hybridized carbons (Fsp3) is 0.444. The van der Waals surface area contributed by atoms with Crippen molar-refractivity contribution >= 4 is 11.6 Å². The van der Waals surface area contributed by atoms with Gasteiger partial charge in [0.1, 0.15) is 6.10 Å². The number of fused-ring (bicyclic) bond motifs is 3. The molecule has 1 aromatic carbocycles. The molecule has 4 rings (SSSR count). The lowest BCUT2D eigenvalue weighted by molar-refractivity contribution is -0.387. The van der Waals surface area contributed by atoms with E-state index < -0.39 is 45.1 Å². The predicted octanol–water partition coefficient (Wildman–Crippen LogP) is 2.30. The van der Waals surface area contributed by atoms with Crippen LogP contribution in [0, 0.1) is 66.3 Å². The Morgan fingerprint density at radius 3 is 2.38 bits per heavy atom. The number of hydrogen-bond donors (Lipinski definition) is 1. The number of nitro benzene ring substituents is 1. The first-order valence-electron chi connectivity index (χ1n) is 8.48. The molecule has 29 heavy (non-hydrogen) atoms. The minimum absolute atomic E-state index is 0.136. The summed E-state index contributed by atoms with van der Waals surface area (Å²) in [5, 5.41) is 50.1. The van der Waals surface area contributed by atoms with Gasteiger partial charge in [0, 0.05) is 6.92 Å². The summed E-state index contributed by atoms with van der Waals surface area (Å²) in [5.74, 6) is -2.67. The van der Waals surface area contributed by atoms with Crippen molar-refractivity contribution in [1.82, 2.24) is 0 Å². The van der Waals surface area contributed by atoms with Gasteiger partial charge in [-0.2, -0.15) is 15.8 Å². The Balaban J connectivity index is 2.05. The third-order valence-corrected chi connectivity index (χ3v) is 6.00. The van der Waals surface area contributed by atoms with Crippen molar-refractivity contribution in [2.24, 2.45) is 16.7 Å². The summed E-state index contributed by atoms with van der Waals surface area (Å²) >= 11 is 0. The molecule has 3 heterocycles. The van der Waals surface area contributed by atoms with Crippen LogP contribution in [-0.2, 0) is 9.47 Å². The number of hydrogen-bond acceptors (Lipinski definition) is 10. The third-order valence-electron chi connectivity index (χ3n) is 6.00. The first-order chi connectivity index (χ1) is 13.7. The molecule has 11 heteroatoms. The van der Waals surface area contributed by atoms with Crippen LogP contribution >= 0.6 is 0 Å². The summed E-state index contributed by atoms with van der Waals surface area (Å²) < 4.78 is 21.9. The van der Waals surface area contributed by atoms with Crippen LogP contribution in [0.5, 0.6) is 11.5 Å². The molecule has 0 aromatic heterocycles. The summed E-state index contributed by atoms with van der Waals surface area (Å²) in [7, 11) is 0. The summed E-state index contributed by atoms with van der Waals surface area (Å²) in [5.41, 5.74) is -4.88. The van der Waals surface area contributed by atoms with Gasteiger partial charge < -0.3 is 18.9 Å². The van der Waals surface area contributed by atoms with Crippen LogP contribution in [0.3, 0.4) is 0 Å². The van der Waals surface area contributed by atoms with Gasteiger partial charge in [-0.25, -0.2) is 0 Å². The fourth-order valence-corrected chi connectivity index (χ4v) is 4.30. The van der Waals surface area contributed by atoms with Crippen molar-refractivity contribution in [2.75, 3.05) is 6.79 Å². The van der Waals surface area contributed by atoms with Crippen LogP contribution in [0.2, 0.25) is 0 Å². The summed E-state index contributed by atoms with van der Waals surface area (Å²) in [4.78, 5) is 11.0. The highest BCUT2D eigenvalue weighted by Gasteiger charge is 2.78. The zero-order chi connectivity index (χ0) is 21.2. The molecular formula is C18H13N5O6. The van der Waals surface area contributed by atoms with Crippen molar-refractivity contribution in [2.45, 2.75) is 25.7 Å². The first-order valence-corrected chi connectivity index (χ1v) is 8.48. The van der Waals surface area contributed by atoms with Crippen LogP contribution in [0.15, 0.2) is 12.1 Å². The Kier molecular flexibility index (Phi) is 3.55. The minimum Gasteiger partial charge on any atom is -0.454 e. The van der Waals surface area contributed by atoms with Gasteiger partial charge in [0.05, 0.1) is 40.7 Å². The number of ether oxygens (including phenoxy) is 4. The predicted molar refractivity (Wildman–Crippen MR) is 91.1 cm³/mol. The lowest BCUT2D eigenvalue weighted by atomic mass is 9.54. The molecule has 0 amide bonds. The molecule has 0 spiro atoms. The van der Waals surface area contributed by atoms with Crippen molar-refractivity contribution in [3.05, 3.63) is 27.8 Å². The molecule has 4 unspecified atom stereocenters. The average molecular weight is 395 g/mol. The van der Waals surface area contributed by atoms with Gasteiger partial charge in [-0.3, -0.25) is 15.5 Å². The van der Waals surface area contributed by atoms with E-state index in [2.05, 4.69) is 0 Å². The lowest BCUT2D eigenvalue weighted by Crippen LogP contribution is -2.57. The van der Waals surface area contributed by atoms with E-state index in [1.165, 1.54) is 13.0 Å². The molecule has 4 atom stereocenters. The normalized spacial score (nSPS) is 33.1. The molecule has 146 valence electrons. The second-order valence-electron chi connectivity index (χ2n) is 7.14. The highest BCUT2D eigenvalue weighted by atomic mass is 16.7. The van der Waals surface area contributed by atoms with Crippen LogP contribution in [-0.4, -0.2) is 23.4 Å². The molecule has 1 aromatic rings. The quantitative estimate of drug-likeness (QED) is 0.581. The Hall–Kier alpha value is -3.88. The maximum atomic E-state index is 11.7. The number of rotatable bonds is 2. The van der Waals surface area contributed by atoms with E-state index in [1.807, 2.05) is 18.2 Å². The van der Waals surface area contributed by atoms with Crippen LogP contribution in [0.4, 0.5) is 5.69 Å². The van der Waals surface area contributed by atoms with Gasteiger partial charge in [-0.1, -0.05) is 6.92 Å². The van der Waals surface area contributed by atoms with E-state index in [4.69, 9.17) is 24.4 Å². The molecule has 2 saturated heterocycles. The van der Waals surface area contributed by atoms with E-state index >= 15 is 0 Å². The highest BCUT2D eigenvalue weighted by Crippen LogP contribution is 2.67. The van der Waals surface area contributed by atoms with E-state index in [1.54, 1.807) is 6.92 Å². The van der Waals surface area contributed by atoms with Gasteiger partial charge in [-0.15, -0.1) is 0 Å². The van der Waals surface area contributed by atoms with E-state index in [9.17, 15) is 25.9 Å². The Morgan fingerprint density at radius 1 is 1.21 bits per heavy atom. The molecular weight excluding hydrogens is 382 g/mol. The average Bonchev–Trinajstić information content (AvgIpc) is 3.20. The minimum atomic E-state index is -2.29. The van der Waals surface area contributed by atoms with E-state index in [-0.39, 0.29) is 23.9 Å². The number of nitrogens with one attached hydrogen (secondary N) is 1. The van der Waals surface area contributed by atoms with Crippen molar-refractivity contribution in [3.63, 3.8) is 0 Å². The van der Waals surface area contributed by atoms with Gasteiger partial charge in [0.2, 0.25) is 23.9 Å². The summed E-state index contributed by atoms with van der Waals surface area (Å²) in [6.45, 7) is 2.86. The smallest absolute Gasteiger partial charge is 0.279 e. The molecule has 2 fully saturated rings. The standard InChI is InChI=1S/C18H13N5O6/c1-9-16(2)28-14(17(5-19,6-20)18(9,7-21)15(22)29-16)10-3-12-13(27-8-26-12)4-11(10)23(24)25/h3-4,9,14,22H,8H2,1-2H3. The van der Waals surface area contributed by atoms with E-state index in [0.717, 1.165) is 6.07 Å².